The van der Waals surface area contributed by atoms with Crippen LogP contribution in [0.25, 0.3) is 0 Å². The van der Waals surface area contributed by atoms with E-state index >= 15 is 0 Å². The highest BCUT2D eigenvalue weighted by molar-refractivity contribution is 5.75. The lowest BCUT2D eigenvalue weighted by molar-refractivity contribution is -0.135. The van der Waals surface area contributed by atoms with Crippen molar-refractivity contribution in [3.05, 3.63) is 59.7 Å². The van der Waals surface area contributed by atoms with Gasteiger partial charge in [-0.3, -0.25) is 4.79 Å². The second-order valence-corrected chi connectivity index (χ2v) is 4.52. The van der Waals surface area contributed by atoms with Gasteiger partial charge in [0.15, 0.2) is 0 Å². The van der Waals surface area contributed by atoms with Crippen molar-refractivity contribution in [3.63, 3.8) is 0 Å². The van der Waals surface area contributed by atoms with Crippen LogP contribution >= 0.6 is 0 Å². The van der Waals surface area contributed by atoms with Crippen LogP contribution in [0.15, 0.2) is 48.5 Å². The summed E-state index contributed by atoms with van der Waals surface area (Å²) in [5.74, 6) is 1.30. The Morgan fingerprint density at radius 2 is 1.89 bits per heavy atom. The summed E-state index contributed by atoms with van der Waals surface area (Å²) in [6.07, 6.45) is 1.16. The standard InChI is InChI=1S/C16H14O3/c17-16-9-6-13-10-14(7-8-15(13)19-16)18-11-12-4-2-1-3-5-12/h1-5,7-8,10H,6,9,11H2. The van der Waals surface area contributed by atoms with Crippen LogP contribution < -0.4 is 9.47 Å². The van der Waals surface area contributed by atoms with Crippen molar-refractivity contribution in [1.82, 2.24) is 0 Å². The number of rotatable bonds is 3. The van der Waals surface area contributed by atoms with Crippen molar-refractivity contribution in [3.8, 4) is 11.5 Å². The third-order valence-electron chi connectivity index (χ3n) is 3.10. The second-order valence-electron chi connectivity index (χ2n) is 4.52. The van der Waals surface area contributed by atoms with Crippen LogP contribution in [0.1, 0.15) is 17.5 Å². The van der Waals surface area contributed by atoms with Gasteiger partial charge in [-0.05, 0) is 35.7 Å². The Hall–Kier alpha value is -2.29. The van der Waals surface area contributed by atoms with Crippen molar-refractivity contribution in [2.24, 2.45) is 0 Å². The molecule has 2 aromatic carbocycles. The summed E-state index contributed by atoms with van der Waals surface area (Å²) in [5, 5.41) is 0. The Bertz CT molecular complexity index is 590. The smallest absolute Gasteiger partial charge is 0.311 e. The fourth-order valence-electron chi connectivity index (χ4n) is 2.09. The Kier molecular flexibility index (Phi) is 3.19. The van der Waals surface area contributed by atoms with E-state index in [-0.39, 0.29) is 5.97 Å². The average molecular weight is 254 g/mol. The molecular weight excluding hydrogens is 240 g/mol. The first-order valence-electron chi connectivity index (χ1n) is 6.31. The van der Waals surface area contributed by atoms with Crippen LogP contribution in [0.5, 0.6) is 11.5 Å². The molecular formula is C16H14O3. The minimum absolute atomic E-state index is 0.162. The molecule has 1 aliphatic heterocycles. The highest BCUT2D eigenvalue weighted by Crippen LogP contribution is 2.29. The van der Waals surface area contributed by atoms with Gasteiger partial charge in [0.25, 0.3) is 0 Å². The molecule has 96 valence electrons. The van der Waals surface area contributed by atoms with E-state index in [0.717, 1.165) is 23.3 Å². The Balaban J connectivity index is 1.71. The largest absolute Gasteiger partial charge is 0.489 e. The highest BCUT2D eigenvalue weighted by atomic mass is 16.5. The number of hydrogen-bond acceptors (Lipinski definition) is 3. The van der Waals surface area contributed by atoms with Crippen molar-refractivity contribution >= 4 is 5.97 Å². The first-order valence-corrected chi connectivity index (χ1v) is 6.31. The Labute approximate surface area is 111 Å². The molecule has 0 amide bonds. The zero-order chi connectivity index (χ0) is 13.1. The lowest BCUT2D eigenvalue weighted by atomic mass is 10.1. The summed E-state index contributed by atoms with van der Waals surface area (Å²) in [7, 11) is 0. The lowest BCUT2D eigenvalue weighted by Crippen LogP contribution is -2.15. The monoisotopic (exact) mass is 254 g/mol. The van der Waals surface area contributed by atoms with Crippen molar-refractivity contribution in [1.29, 1.82) is 0 Å². The normalized spacial score (nSPS) is 13.6. The van der Waals surface area contributed by atoms with E-state index in [0.29, 0.717) is 18.8 Å². The van der Waals surface area contributed by atoms with Gasteiger partial charge >= 0.3 is 5.97 Å². The molecule has 0 N–H and O–H groups in total. The van der Waals surface area contributed by atoms with Crippen LogP contribution in [0, 0.1) is 0 Å². The van der Waals surface area contributed by atoms with Crippen LogP contribution in [0.2, 0.25) is 0 Å². The molecule has 0 saturated heterocycles. The zero-order valence-corrected chi connectivity index (χ0v) is 10.5. The van der Waals surface area contributed by atoms with Gasteiger partial charge in [0.05, 0.1) is 6.42 Å². The van der Waals surface area contributed by atoms with Gasteiger partial charge in [0.2, 0.25) is 0 Å². The van der Waals surface area contributed by atoms with Crippen molar-refractivity contribution in [2.75, 3.05) is 0 Å². The van der Waals surface area contributed by atoms with Gasteiger partial charge in [-0.15, -0.1) is 0 Å². The Morgan fingerprint density at radius 3 is 2.74 bits per heavy atom. The van der Waals surface area contributed by atoms with Gasteiger partial charge in [0.1, 0.15) is 18.1 Å². The van der Waals surface area contributed by atoms with E-state index in [4.69, 9.17) is 9.47 Å². The van der Waals surface area contributed by atoms with Gasteiger partial charge in [0, 0.05) is 0 Å². The molecule has 2 aromatic rings. The molecule has 0 fully saturated rings. The predicted molar refractivity (Wildman–Crippen MR) is 71.2 cm³/mol. The molecule has 0 saturated carbocycles. The summed E-state index contributed by atoms with van der Waals surface area (Å²) in [6, 6.07) is 15.6. The summed E-state index contributed by atoms with van der Waals surface area (Å²) in [5.41, 5.74) is 2.16. The second kappa shape index (κ2) is 5.14. The van der Waals surface area contributed by atoms with E-state index in [1.165, 1.54) is 0 Å². The van der Waals surface area contributed by atoms with E-state index in [9.17, 15) is 4.79 Å². The van der Waals surface area contributed by atoms with Crippen molar-refractivity contribution in [2.45, 2.75) is 19.4 Å². The molecule has 0 aliphatic carbocycles. The molecule has 0 spiro atoms. The number of carbonyl (C=O) groups excluding carboxylic acids is 1. The first-order chi connectivity index (χ1) is 9.31. The molecule has 0 atom stereocenters. The van der Waals surface area contributed by atoms with Crippen molar-refractivity contribution < 1.29 is 14.3 Å². The molecule has 19 heavy (non-hydrogen) atoms. The lowest BCUT2D eigenvalue weighted by Gasteiger charge is -2.16. The topological polar surface area (TPSA) is 35.5 Å². The maximum absolute atomic E-state index is 11.2. The van der Waals surface area contributed by atoms with E-state index < -0.39 is 0 Å². The maximum atomic E-state index is 11.2. The van der Waals surface area contributed by atoms with Crippen LogP contribution in [0.3, 0.4) is 0 Å². The summed E-state index contributed by atoms with van der Waals surface area (Å²) < 4.78 is 10.9. The van der Waals surface area contributed by atoms with E-state index in [1.54, 1.807) is 6.07 Å². The molecule has 1 aliphatic rings. The summed E-state index contributed by atoms with van der Waals surface area (Å²) in [4.78, 5) is 11.2. The fourth-order valence-corrected chi connectivity index (χ4v) is 2.09. The van der Waals surface area contributed by atoms with Gasteiger partial charge in [-0.25, -0.2) is 0 Å². The van der Waals surface area contributed by atoms with Gasteiger partial charge in [-0.1, -0.05) is 30.3 Å². The number of esters is 1. The average Bonchev–Trinajstić information content (AvgIpc) is 2.46. The third-order valence-corrected chi connectivity index (χ3v) is 3.10. The Morgan fingerprint density at radius 1 is 1.05 bits per heavy atom. The summed E-state index contributed by atoms with van der Waals surface area (Å²) in [6.45, 7) is 0.541. The molecule has 3 heteroatoms. The molecule has 0 aromatic heterocycles. The molecule has 0 radical (unpaired) electrons. The van der Waals surface area contributed by atoms with E-state index in [2.05, 4.69) is 0 Å². The molecule has 3 nitrogen and oxygen atoms in total. The minimum Gasteiger partial charge on any atom is -0.489 e. The number of ether oxygens (including phenoxy) is 2. The van der Waals surface area contributed by atoms with Crippen LogP contribution in [0.4, 0.5) is 0 Å². The first kappa shape index (κ1) is 11.8. The molecule has 0 bridgehead atoms. The van der Waals surface area contributed by atoms with Gasteiger partial charge < -0.3 is 9.47 Å². The third kappa shape index (κ3) is 2.76. The number of fused-ring (bicyclic) bond motifs is 1. The number of hydrogen-bond donors (Lipinski definition) is 0. The fraction of sp³-hybridized carbons (Fsp3) is 0.188. The number of aryl methyl sites for hydroxylation is 1. The molecule has 0 unspecified atom stereocenters. The summed E-state index contributed by atoms with van der Waals surface area (Å²) >= 11 is 0. The van der Waals surface area contributed by atoms with Gasteiger partial charge in [-0.2, -0.15) is 0 Å². The molecule has 3 rings (SSSR count). The van der Waals surface area contributed by atoms with Crippen LogP contribution in [-0.2, 0) is 17.8 Å². The SMILES string of the molecule is O=C1CCc2cc(OCc3ccccc3)ccc2O1. The minimum atomic E-state index is -0.162. The maximum Gasteiger partial charge on any atom is 0.311 e. The molecule has 1 heterocycles. The predicted octanol–water partition coefficient (Wildman–Crippen LogP) is 3.12. The zero-order valence-electron chi connectivity index (χ0n) is 10.5. The number of carbonyl (C=O) groups is 1. The van der Waals surface area contributed by atoms with E-state index in [1.807, 2.05) is 42.5 Å². The number of benzene rings is 2. The van der Waals surface area contributed by atoms with Crippen LogP contribution in [-0.4, -0.2) is 5.97 Å². The quantitative estimate of drug-likeness (QED) is 0.623. The highest BCUT2D eigenvalue weighted by Gasteiger charge is 2.17.